The van der Waals surface area contributed by atoms with Gasteiger partial charge in [-0.3, -0.25) is 0 Å². The van der Waals surface area contributed by atoms with E-state index < -0.39 is 0 Å². The Balaban J connectivity index is 0.673. The zero-order chi connectivity index (χ0) is 75.8. The van der Waals surface area contributed by atoms with Crippen molar-refractivity contribution in [1.29, 1.82) is 0 Å². The topological polar surface area (TPSA) is 19.7 Å². The summed E-state index contributed by atoms with van der Waals surface area (Å²) >= 11 is 0. The van der Waals surface area contributed by atoms with E-state index in [1.165, 1.54) is 246 Å². The van der Waals surface area contributed by atoms with Crippen LogP contribution in [0.5, 0.6) is 0 Å². The van der Waals surface area contributed by atoms with Gasteiger partial charge in [0, 0.05) is 114 Å². The number of para-hydroxylation sites is 3. The van der Waals surface area contributed by atoms with Crippen LogP contribution in [-0.4, -0.2) is 18.3 Å². The number of aryl methyl sites for hydroxylation is 5. The number of hydrogen-bond donors (Lipinski definition) is 0. The molecule has 0 aliphatic carbocycles. The normalized spacial score (nSPS) is 12.3. The number of aromatic nitrogens is 4. The molecule has 540 valence electrons. The maximum absolute atomic E-state index is 2.62. The van der Waals surface area contributed by atoms with Gasteiger partial charge in [0.05, 0.1) is 0 Å². The van der Waals surface area contributed by atoms with Crippen LogP contribution >= 0.6 is 0 Å². The molecule has 24 rings (SSSR count). The fraction of sp³-hybridized carbons (Fsp3) is 0.0631. The molecule has 4 nitrogen and oxygen atoms in total. The molecule has 0 aliphatic heterocycles. The van der Waals surface area contributed by atoms with Crippen molar-refractivity contribution in [1.82, 2.24) is 18.3 Å². The third-order valence-corrected chi connectivity index (χ3v) is 26.1. The molecule has 0 N–H and O–H groups in total. The summed E-state index contributed by atoms with van der Waals surface area (Å²) < 4.78 is 9.98. The van der Waals surface area contributed by atoms with Crippen LogP contribution in [0.1, 0.15) is 19.4 Å². The smallest absolute Gasteiger partial charge is 0.0497 e. The molecule has 4 heterocycles. The second-order valence-electron chi connectivity index (χ2n) is 31.7. The van der Waals surface area contributed by atoms with E-state index in [-0.39, 0.29) is 0 Å². The fourth-order valence-electron chi connectivity index (χ4n) is 21.0. The molecule has 4 aromatic heterocycles. The van der Waals surface area contributed by atoms with E-state index in [2.05, 4.69) is 397 Å². The Bertz CT molecular complexity index is 8340. The Morgan fingerprint density at radius 1 is 0.200 bits per heavy atom. The van der Waals surface area contributed by atoms with Crippen LogP contribution in [0.15, 0.2) is 358 Å². The quantitative estimate of drug-likeness (QED) is 0.0908. The molecule has 20 aromatic carbocycles. The second kappa shape index (κ2) is 25.3. The lowest BCUT2D eigenvalue weighted by atomic mass is 9.84. The number of nitrogens with zero attached hydrogens (tertiary/aromatic N) is 4. The van der Waals surface area contributed by atoms with E-state index in [4.69, 9.17) is 0 Å². The lowest BCUT2D eigenvalue weighted by Crippen LogP contribution is -2.02. The first kappa shape index (κ1) is 65.4. The molecule has 115 heavy (non-hydrogen) atoms. The SMILES string of the molecule is CCn1c2ccccc2c2ccc(-c3cccc4c(-c5cc6ccccc6c6ccccc56)c5cccc(-c6ccc7c8ccccc8n(CCc8cccc9c8c8cc(-c%10cccc%11c(-c%12cc%13ccccc%13c%13ccccc%12%13)c%12cccc(-c%13ccc%14c(c%13)c%13ccccc%13n%14C)c%12cc%10%11)ccc8n9CC)c7c6)c5cc34)cc21. The fourth-order valence-corrected chi connectivity index (χ4v) is 21.0. The zero-order valence-corrected chi connectivity index (χ0v) is 64.2. The van der Waals surface area contributed by atoms with Crippen molar-refractivity contribution in [2.45, 2.75) is 39.9 Å². The molecule has 0 radical (unpaired) electrons. The van der Waals surface area contributed by atoms with E-state index >= 15 is 0 Å². The average molecular weight is 1470 g/mol. The number of fused-ring (bicyclic) bond motifs is 22. The van der Waals surface area contributed by atoms with E-state index in [0.29, 0.717) is 0 Å². The maximum Gasteiger partial charge on any atom is 0.0497 e. The summed E-state index contributed by atoms with van der Waals surface area (Å²) in [7, 11) is 2.19. The molecule has 0 fully saturated rings. The molecule has 0 aliphatic rings. The summed E-state index contributed by atoms with van der Waals surface area (Å²) in [5.41, 5.74) is 26.1. The zero-order valence-electron chi connectivity index (χ0n) is 64.2. The van der Waals surface area contributed by atoms with Crippen LogP contribution in [-0.2, 0) is 33.1 Å². The maximum atomic E-state index is 2.62. The van der Waals surface area contributed by atoms with Gasteiger partial charge in [-0.1, -0.05) is 273 Å². The molecule has 0 saturated carbocycles. The minimum atomic E-state index is 0.785. The molecular formula is C111H76N4. The van der Waals surface area contributed by atoms with Gasteiger partial charge < -0.3 is 18.3 Å². The van der Waals surface area contributed by atoms with Crippen molar-refractivity contribution in [3.05, 3.63) is 363 Å². The first-order chi connectivity index (χ1) is 56.9. The van der Waals surface area contributed by atoms with Gasteiger partial charge in [0.2, 0.25) is 0 Å². The largest absolute Gasteiger partial charge is 0.344 e. The van der Waals surface area contributed by atoms with E-state index in [1.807, 2.05) is 0 Å². The Hall–Kier alpha value is -14.3. The Morgan fingerprint density at radius 2 is 0.539 bits per heavy atom. The highest BCUT2D eigenvalue weighted by Gasteiger charge is 2.25. The van der Waals surface area contributed by atoms with Gasteiger partial charge in [-0.2, -0.15) is 0 Å². The lowest BCUT2D eigenvalue weighted by Gasteiger charge is -2.19. The molecule has 24 aromatic rings. The van der Waals surface area contributed by atoms with Crippen LogP contribution < -0.4 is 0 Å². The molecular weight excluding hydrogens is 1390 g/mol. The Labute approximate surface area is 664 Å². The highest BCUT2D eigenvalue weighted by molar-refractivity contribution is 6.28. The number of hydrogen-bond acceptors (Lipinski definition) is 0. The average Bonchev–Trinajstić information content (AvgIpc) is 1.41. The molecule has 0 atom stereocenters. The third-order valence-electron chi connectivity index (χ3n) is 26.1. The van der Waals surface area contributed by atoms with Crippen LogP contribution in [0.4, 0.5) is 0 Å². The highest BCUT2D eigenvalue weighted by Crippen LogP contribution is 2.51. The first-order valence-electron chi connectivity index (χ1n) is 40.7. The van der Waals surface area contributed by atoms with E-state index in [9.17, 15) is 0 Å². The molecule has 4 heteroatoms. The summed E-state index contributed by atoms with van der Waals surface area (Å²) in [5.74, 6) is 0. The Morgan fingerprint density at radius 3 is 1.04 bits per heavy atom. The van der Waals surface area contributed by atoms with Gasteiger partial charge in [0.1, 0.15) is 0 Å². The molecule has 0 amide bonds. The van der Waals surface area contributed by atoms with Crippen LogP contribution in [0.25, 0.3) is 240 Å². The van der Waals surface area contributed by atoms with Crippen molar-refractivity contribution < 1.29 is 0 Å². The van der Waals surface area contributed by atoms with Crippen molar-refractivity contribution in [2.75, 3.05) is 0 Å². The summed E-state index contributed by atoms with van der Waals surface area (Å²) in [6, 6.07) is 137. The Kier molecular flexibility index (Phi) is 14.4. The van der Waals surface area contributed by atoms with E-state index in [1.54, 1.807) is 0 Å². The molecule has 0 bridgehead atoms. The van der Waals surface area contributed by atoms with Crippen LogP contribution in [0.3, 0.4) is 0 Å². The number of benzene rings is 20. The van der Waals surface area contributed by atoms with Crippen molar-refractivity contribution in [3.63, 3.8) is 0 Å². The van der Waals surface area contributed by atoms with Gasteiger partial charge in [-0.15, -0.1) is 0 Å². The van der Waals surface area contributed by atoms with Gasteiger partial charge in [-0.25, -0.2) is 0 Å². The van der Waals surface area contributed by atoms with Crippen molar-refractivity contribution >= 4 is 173 Å². The minimum absolute atomic E-state index is 0.785. The van der Waals surface area contributed by atoms with Crippen LogP contribution in [0.2, 0.25) is 0 Å². The summed E-state index contributed by atoms with van der Waals surface area (Å²) in [6.45, 7) is 7.09. The molecule has 0 unspecified atom stereocenters. The van der Waals surface area contributed by atoms with Gasteiger partial charge in [-0.05, 0) is 264 Å². The number of rotatable bonds is 11. The standard InChI is InChI=1S/C111H76N4/c1-4-113-105-56-52-71(77-38-22-42-90-94(77)65-93-76(70-51-55-102-97(59-70)86-36-14-17-45-101(86)112(102)3)37-21-41-89(93)110(90)98-60-68-25-6-8-28-74(68)80-30-10-12-32-82(80)98)62-100(105)109-67(27-20-48-106(109)113)57-58-115-104-47-19-16-35-85(104)88-54-50-73(64-108(88)115)79-40-24-44-92-96(79)66-95-78(72-49-53-87-84-34-15-18-46-103(84)114(5-2)107(87)63-72)39-23-43-91(95)111(92)99-61-69-26-7-9-29-75(69)81-31-11-13-33-83(81)99/h6-56,59-66H,4-5,57-58H2,1-3H3. The van der Waals surface area contributed by atoms with Crippen molar-refractivity contribution in [3.8, 4) is 66.8 Å². The minimum Gasteiger partial charge on any atom is -0.344 e. The summed E-state index contributed by atoms with van der Waals surface area (Å²) in [5, 5.41) is 30.2. The van der Waals surface area contributed by atoms with Crippen LogP contribution in [0, 0.1) is 0 Å². The predicted molar refractivity (Wildman–Crippen MR) is 494 cm³/mol. The lowest BCUT2D eigenvalue weighted by molar-refractivity contribution is 0.748. The first-order valence-corrected chi connectivity index (χ1v) is 40.7. The molecule has 0 saturated heterocycles. The van der Waals surface area contributed by atoms with Crippen molar-refractivity contribution in [2.24, 2.45) is 7.05 Å². The summed E-state index contributed by atoms with van der Waals surface area (Å²) in [6.07, 6.45) is 0.829. The van der Waals surface area contributed by atoms with Gasteiger partial charge >= 0.3 is 0 Å². The molecule has 0 spiro atoms. The highest BCUT2D eigenvalue weighted by atomic mass is 15.0. The monoisotopic (exact) mass is 1460 g/mol. The van der Waals surface area contributed by atoms with E-state index in [0.717, 1.165) is 26.1 Å². The third kappa shape index (κ3) is 9.67. The van der Waals surface area contributed by atoms with Gasteiger partial charge in [0.25, 0.3) is 0 Å². The van der Waals surface area contributed by atoms with Gasteiger partial charge in [0.15, 0.2) is 0 Å². The summed E-state index contributed by atoms with van der Waals surface area (Å²) in [4.78, 5) is 0. The second-order valence-corrected chi connectivity index (χ2v) is 31.7. The predicted octanol–water partition coefficient (Wildman–Crippen LogP) is 30.2.